The van der Waals surface area contributed by atoms with Crippen LogP contribution < -0.4 is 10.1 Å². The minimum absolute atomic E-state index is 0.0962. The third-order valence-electron chi connectivity index (χ3n) is 4.02. The predicted octanol–water partition coefficient (Wildman–Crippen LogP) is 4.23. The minimum Gasteiger partial charge on any atom is -0.497 e. The van der Waals surface area contributed by atoms with Gasteiger partial charge < -0.3 is 14.8 Å². The lowest BCUT2D eigenvalue weighted by molar-refractivity contribution is -0.146. The van der Waals surface area contributed by atoms with Crippen LogP contribution in [0.4, 0.5) is 0 Å². The first kappa shape index (κ1) is 21.8. The van der Waals surface area contributed by atoms with Gasteiger partial charge in [-0.2, -0.15) is 0 Å². The maximum Gasteiger partial charge on any atom is 0.316 e. The lowest BCUT2D eigenvalue weighted by Gasteiger charge is -2.21. The van der Waals surface area contributed by atoms with E-state index in [-0.39, 0.29) is 24.3 Å². The average Bonchev–Trinajstić information content (AvgIpc) is 2.71. The smallest absolute Gasteiger partial charge is 0.316 e. The number of thioether (sulfide) groups is 1. The molecule has 1 atom stereocenters. The van der Waals surface area contributed by atoms with Gasteiger partial charge in [0, 0.05) is 4.90 Å². The SMILES string of the molecule is COc1ccc(SCC(=O)OCC(=O)N[C@@H](CC(C)C)c2ccccc2)cc1. The van der Waals surface area contributed by atoms with Crippen molar-refractivity contribution in [2.24, 2.45) is 5.92 Å². The van der Waals surface area contributed by atoms with Crippen molar-refractivity contribution in [2.45, 2.75) is 31.2 Å². The number of hydrogen-bond donors (Lipinski definition) is 1. The number of amides is 1. The molecule has 0 aliphatic heterocycles. The van der Waals surface area contributed by atoms with Crippen LogP contribution in [0.25, 0.3) is 0 Å². The summed E-state index contributed by atoms with van der Waals surface area (Å²) in [5.41, 5.74) is 1.05. The molecule has 0 aromatic heterocycles. The second-order valence-corrected chi connectivity index (χ2v) is 7.83. The molecule has 2 aromatic rings. The molecule has 0 saturated heterocycles. The highest BCUT2D eigenvalue weighted by molar-refractivity contribution is 8.00. The third-order valence-corrected chi connectivity index (χ3v) is 5.01. The van der Waals surface area contributed by atoms with E-state index in [0.29, 0.717) is 5.92 Å². The van der Waals surface area contributed by atoms with E-state index < -0.39 is 5.97 Å². The fourth-order valence-electron chi connectivity index (χ4n) is 2.67. The largest absolute Gasteiger partial charge is 0.497 e. The van der Waals surface area contributed by atoms with Crippen LogP contribution in [0.3, 0.4) is 0 Å². The van der Waals surface area contributed by atoms with Gasteiger partial charge in [0.25, 0.3) is 5.91 Å². The van der Waals surface area contributed by atoms with E-state index in [9.17, 15) is 9.59 Å². The van der Waals surface area contributed by atoms with Crippen molar-refractivity contribution >= 4 is 23.6 Å². The van der Waals surface area contributed by atoms with Crippen molar-refractivity contribution < 1.29 is 19.1 Å². The van der Waals surface area contributed by atoms with Crippen molar-refractivity contribution in [3.05, 3.63) is 60.2 Å². The van der Waals surface area contributed by atoms with Crippen molar-refractivity contribution in [1.29, 1.82) is 0 Å². The van der Waals surface area contributed by atoms with Crippen molar-refractivity contribution in [1.82, 2.24) is 5.32 Å². The molecule has 0 fully saturated rings. The average molecular weight is 402 g/mol. The number of rotatable bonds is 10. The highest BCUT2D eigenvalue weighted by Crippen LogP contribution is 2.22. The number of carbonyl (C=O) groups is 2. The van der Waals surface area contributed by atoms with Crippen molar-refractivity contribution in [3.8, 4) is 5.75 Å². The van der Waals surface area contributed by atoms with Gasteiger partial charge in [-0.1, -0.05) is 44.2 Å². The van der Waals surface area contributed by atoms with E-state index in [1.54, 1.807) is 7.11 Å². The Balaban J connectivity index is 1.78. The van der Waals surface area contributed by atoms with Crippen LogP contribution >= 0.6 is 11.8 Å². The summed E-state index contributed by atoms with van der Waals surface area (Å²) in [5, 5.41) is 2.97. The summed E-state index contributed by atoms with van der Waals surface area (Å²) in [6, 6.07) is 17.1. The number of hydrogen-bond acceptors (Lipinski definition) is 5. The topological polar surface area (TPSA) is 64.6 Å². The first-order chi connectivity index (χ1) is 13.5. The molecule has 2 aromatic carbocycles. The molecule has 0 spiro atoms. The lowest BCUT2D eigenvalue weighted by atomic mass is 9.97. The normalized spacial score (nSPS) is 11.7. The molecule has 0 radical (unpaired) electrons. The number of esters is 1. The number of ether oxygens (including phenoxy) is 2. The Bertz CT molecular complexity index is 747. The summed E-state index contributed by atoms with van der Waals surface area (Å²) in [6.07, 6.45) is 0.816. The maximum atomic E-state index is 12.2. The summed E-state index contributed by atoms with van der Waals surface area (Å²) in [6.45, 7) is 3.94. The predicted molar refractivity (Wildman–Crippen MR) is 111 cm³/mol. The molecule has 150 valence electrons. The Hall–Kier alpha value is -2.47. The van der Waals surface area contributed by atoms with Crippen LogP contribution in [0.2, 0.25) is 0 Å². The fourth-order valence-corrected chi connectivity index (χ4v) is 3.37. The molecule has 0 unspecified atom stereocenters. The van der Waals surface area contributed by atoms with E-state index in [2.05, 4.69) is 19.2 Å². The van der Waals surface area contributed by atoms with Crippen LogP contribution in [0.15, 0.2) is 59.5 Å². The van der Waals surface area contributed by atoms with Gasteiger partial charge in [-0.15, -0.1) is 11.8 Å². The summed E-state index contributed by atoms with van der Waals surface area (Å²) < 4.78 is 10.2. The van der Waals surface area contributed by atoms with Gasteiger partial charge in [-0.3, -0.25) is 9.59 Å². The molecule has 0 bridgehead atoms. The van der Waals surface area contributed by atoms with Gasteiger partial charge in [0.2, 0.25) is 0 Å². The zero-order valence-electron chi connectivity index (χ0n) is 16.5. The number of methoxy groups -OCH3 is 1. The molecule has 1 N–H and O–H groups in total. The fraction of sp³-hybridized carbons (Fsp3) is 0.364. The third kappa shape index (κ3) is 7.64. The Morgan fingerprint density at radius 2 is 1.71 bits per heavy atom. The van der Waals surface area contributed by atoms with Crippen LogP contribution in [0.1, 0.15) is 31.9 Å². The van der Waals surface area contributed by atoms with Gasteiger partial charge >= 0.3 is 5.97 Å². The second kappa shape index (κ2) is 11.4. The first-order valence-electron chi connectivity index (χ1n) is 9.24. The molecule has 0 heterocycles. The van der Waals surface area contributed by atoms with Crippen LogP contribution in [-0.2, 0) is 14.3 Å². The molecule has 2 rings (SSSR count). The Kier molecular flexibility index (Phi) is 8.88. The number of carbonyl (C=O) groups excluding carboxylic acids is 2. The number of nitrogens with one attached hydrogen (secondary N) is 1. The summed E-state index contributed by atoms with van der Waals surface area (Å²) in [5.74, 6) is 0.619. The zero-order chi connectivity index (χ0) is 20.4. The van der Waals surface area contributed by atoms with Crippen LogP contribution in [-0.4, -0.2) is 31.3 Å². The molecular formula is C22H27NO4S. The van der Waals surface area contributed by atoms with E-state index in [1.807, 2.05) is 54.6 Å². The molecule has 0 aliphatic rings. The van der Waals surface area contributed by atoms with Gasteiger partial charge in [0.1, 0.15) is 5.75 Å². The molecule has 28 heavy (non-hydrogen) atoms. The second-order valence-electron chi connectivity index (χ2n) is 6.79. The van der Waals surface area contributed by atoms with Gasteiger partial charge in [-0.05, 0) is 42.2 Å². The molecular weight excluding hydrogens is 374 g/mol. The Morgan fingerprint density at radius 3 is 2.32 bits per heavy atom. The van der Waals surface area contributed by atoms with E-state index in [1.165, 1.54) is 11.8 Å². The van der Waals surface area contributed by atoms with Crippen molar-refractivity contribution in [3.63, 3.8) is 0 Å². The molecule has 0 aliphatic carbocycles. The van der Waals surface area contributed by atoms with Crippen molar-refractivity contribution in [2.75, 3.05) is 19.5 Å². The van der Waals surface area contributed by atoms with Crippen LogP contribution in [0.5, 0.6) is 5.75 Å². The molecule has 6 heteroatoms. The molecule has 0 saturated carbocycles. The maximum absolute atomic E-state index is 12.2. The van der Waals surface area contributed by atoms with E-state index in [4.69, 9.17) is 9.47 Å². The lowest BCUT2D eigenvalue weighted by Crippen LogP contribution is -2.33. The zero-order valence-corrected chi connectivity index (χ0v) is 17.3. The first-order valence-corrected chi connectivity index (χ1v) is 10.2. The Morgan fingerprint density at radius 1 is 1.04 bits per heavy atom. The van der Waals surface area contributed by atoms with E-state index >= 15 is 0 Å². The van der Waals surface area contributed by atoms with Crippen LogP contribution in [0, 0.1) is 5.92 Å². The van der Waals surface area contributed by atoms with E-state index in [0.717, 1.165) is 22.6 Å². The minimum atomic E-state index is -0.420. The number of benzene rings is 2. The van der Waals surface area contributed by atoms with Gasteiger partial charge in [0.05, 0.1) is 18.9 Å². The summed E-state index contributed by atoms with van der Waals surface area (Å²) in [7, 11) is 1.61. The Labute approximate surface area is 170 Å². The summed E-state index contributed by atoms with van der Waals surface area (Å²) in [4.78, 5) is 25.1. The molecule has 1 amide bonds. The van der Waals surface area contributed by atoms with Gasteiger partial charge in [-0.25, -0.2) is 0 Å². The highest BCUT2D eigenvalue weighted by atomic mass is 32.2. The monoisotopic (exact) mass is 401 g/mol. The highest BCUT2D eigenvalue weighted by Gasteiger charge is 2.17. The quantitative estimate of drug-likeness (QED) is 0.477. The standard InChI is InChI=1S/C22H27NO4S/c1-16(2)13-20(17-7-5-4-6-8-17)23-21(24)14-27-22(25)15-28-19-11-9-18(26-3)10-12-19/h4-12,16,20H,13-15H2,1-3H3,(H,23,24)/t20-/m0/s1. The molecule has 5 nitrogen and oxygen atoms in total. The van der Waals surface area contributed by atoms with Gasteiger partial charge in [0.15, 0.2) is 6.61 Å². The summed E-state index contributed by atoms with van der Waals surface area (Å²) >= 11 is 1.36.